The fourth-order valence-electron chi connectivity index (χ4n) is 0.896. The highest BCUT2D eigenvalue weighted by Crippen LogP contribution is 2.07. The van der Waals surface area contributed by atoms with Crippen LogP contribution >= 0.6 is 11.3 Å². The van der Waals surface area contributed by atoms with Crippen LogP contribution in [0.2, 0.25) is 0 Å². The number of rotatable bonds is 3. The van der Waals surface area contributed by atoms with Crippen molar-refractivity contribution in [3.8, 4) is 0 Å². The van der Waals surface area contributed by atoms with E-state index < -0.39 is 0 Å². The highest BCUT2D eigenvalue weighted by molar-refractivity contribution is 7.12. The molecule has 0 saturated heterocycles. The lowest BCUT2D eigenvalue weighted by Gasteiger charge is -2.10. The maximum Gasteiger partial charge on any atom is 0.279 e. The van der Waals surface area contributed by atoms with E-state index in [0.717, 1.165) is 6.42 Å². The molecule has 0 aliphatic heterocycles. The summed E-state index contributed by atoms with van der Waals surface area (Å²) in [5.74, 6) is -0.530. The average Bonchev–Trinajstić information content (AvgIpc) is 2.77. The minimum Gasteiger partial charge on any atom is -0.273 e. The Bertz CT molecular complexity index is 335. The zero-order chi connectivity index (χ0) is 11.3. The summed E-state index contributed by atoms with van der Waals surface area (Å²) in [4.78, 5) is 23.3. The lowest BCUT2D eigenvalue weighted by atomic mass is 10.1. The fourth-order valence-corrected chi connectivity index (χ4v) is 1.52. The van der Waals surface area contributed by atoms with Crippen molar-refractivity contribution < 1.29 is 9.59 Å². The first kappa shape index (κ1) is 11.7. The van der Waals surface area contributed by atoms with Crippen molar-refractivity contribution in [2.45, 2.75) is 20.3 Å². The minimum absolute atomic E-state index is 0.0892. The van der Waals surface area contributed by atoms with Crippen LogP contribution in [-0.2, 0) is 4.79 Å². The van der Waals surface area contributed by atoms with Gasteiger partial charge in [-0.3, -0.25) is 20.4 Å². The van der Waals surface area contributed by atoms with E-state index in [1.165, 1.54) is 11.3 Å². The molecule has 0 aromatic carbocycles. The molecular formula is C10H14N2O2S. The standard InChI is InChI=1S/C10H14N2O2S/c1-3-7(2)9(13)11-12-10(14)8-5-4-6-15-8/h4-7H,3H2,1-2H3,(H,11,13)(H,12,14). The molecule has 0 aliphatic rings. The first-order valence-electron chi connectivity index (χ1n) is 4.78. The Kier molecular flexibility index (Phi) is 4.30. The van der Waals surface area contributed by atoms with Crippen molar-refractivity contribution >= 4 is 23.2 Å². The molecule has 1 atom stereocenters. The van der Waals surface area contributed by atoms with Gasteiger partial charge >= 0.3 is 0 Å². The van der Waals surface area contributed by atoms with Gasteiger partial charge in [-0.2, -0.15) is 0 Å². The van der Waals surface area contributed by atoms with Gasteiger partial charge in [0.25, 0.3) is 5.91 Å². The number of hydrogen-bond donors (Lipinski definition) is 2. The topological polar surface area (TPSA) is 58.2 Å². The molecule has 82 valence electrons. The number of thiophene rings is 1. The Morgan fingerprint density at radius 3 is 2.73 bits per heavy atom. The fraction of sp³-hybridized carbons (Fsp3) is 0.400. The number of carbonyl (C=O) groups is 2. The summed E-state index contributed by atoms with van der Waals surface area (Å²) in [5, 5.41) is 1.81. The molecule has 2 N–H and O–H groups in total. The van der Waals surface area contributed by atoms with Gasteiger partial charge in [-0.15, -0.1) is 11.3 Å². The molecule has 1 rings (SSSR count). The van der Waals surface area contributed by atoms with E-state index in [1.807, 2.05) is 19.2 Å². The Labute approximate surface area is 92.7 Å². The maximum absolute atomic E-state index is 11.4. The molecule has 5 heteroatoms. The van der Waals surface area contributed by atoms with E-state index in [2.05, 4.69) is 10.9 Å². The van der Waals surface area contributed by atoms with E-state index >= 15 is 0 Å². The van der Waals surface area contributed by atoms with E-state index in [1.54, 1.807) is 12.1 Å². The number of carbonyl (C=O) groups excluding carboxylic acids is 2. The molecule has 2 amide bonds. The van der Waals surface area contributed by atoms with Crippen molar-refractivity contribution in [2.24, 2.45) is 5.92 Å². The highest BCUT2D eigenvalue weighted by Gasteiger charge is 2.12. The molecular weight excluding hydrogens is 212 g/mol. The van der Waals surface area contributed by atoms with Crippen LogP contribution in [0.5, 0.6) is 0 Å². The van der Waals surface area contributed by atoms with E-state index in [9.17, 15) is 9.59 Å². The molecule has 1 heterocycles. The lowest BCUT2D eigenvalue weighted by Crippen LogP contribution is -2.43. The SMILES string of the molecule is CCC(C)C(=O)NNC(=O)c1cccs1. The molecule has 0 spiro atoms. The number of nitrogens with one attached hydrogen (secondary N) is 2. The van der Waals surface area contributed by atoms with Crippen molar-refractivity contribution in [1.82, 2.24) is 10.9 Å². The van der Waals surface area contributed by atoms with Crippen LogP contribution in [-0.4, -0.2) is 11.8 Å². The molecule has 0 aliphatic carbocycles. The number of hydrogen-bond acceptors (Lipinski definition) is 3. The number of amides is 2. The summed E-state index contributed by atoms with van der Waals surface area (Å²) in [6, 6.07) is 3.49. The van der Waals surface area contributed by atoms with Gasteiger partial charge in [-0.1, -0.05) is 19.9 Å². The molecule has 0 bridgehead atoms. The minimum atomic E-state index is -0.276. The predicted molar refractivity (Wildman–Crippen MR) is 59.4 cm³/mol. The van der Waals surface area contributed by atoms with Crippen molar-refractivity contribution in [3.05, 3.63) is 22.4 Å². The van der Waals surface area contributed by atoms with Gasteiger partial charge < -0.3 is 0 Å². The van der Waals surface area contributed by atoms with Gasteiger partial charge in [0.2, 0.25) is 5.91 Å². The Hall–Kier alpha value is -1.36. The third-order valence-corrected chi connectivity index (χ3v) is 2.97. The normalized spacial score (nSPS) is 11.9. The van der Waals surface area contributed by atoms with E-state index in [-0.39, 0.29) is 17.7 Å². The van der Waals surface area contributed by atoms with Crippen LogP contribution in [0.15, 0.2) is 17.5 Å². The first-order chi connectivity index (χ1) is 7.15. The molecule has 1 unspecified atom stereocenters. The Morgan fingerprint density at radius 1 is 1.47 bits per heavy atom. The molecule has 0 radical (unpaired) electrons. The van der Waals surface area contributed by atoms with Gasteiger partial charge in [0.1, 0.15) is 0 Å². The summed E-state index contributed by atoms with van der Waals surface area (Å²) in [6.07, 6.45) is 0.751. The highest BCUT2D eigenvalue weighted by atomic mass is 32.1. The van der Waals surface area contributed by atoms with Gasteiger partial charge in [0.15, 0.2) is 0 Å². The zero-order valence-corrected chi connectivity index (χ0v) is 9.56. The molecule has 0 saturated carbocycles. The summed E-state index contributed by atoms with van der Waals surface area (Å²) in [7, 11) is 0. The second-order valence-electron chi connectivity index (χ2n) is 3.23. The summed E-state index contributed by atoms with van der Waals surface area (Å²) < 4.78 is 0. The van der Waals surface area contributed by atoms with Crippen LogP contribution in [0.25, 0.3) is 0 Å². The molecule has 4 nitrogen and oxygen atoms in total. The lowest BCUT2D eigenvalue weighted by molar-refractivity contribution is -0.125. The number of hydrazine groups is 1. The third kappa shape index (κ3) is 3.36. The van der Waals surface area contributed by atoms with Crippen LogP contribution in [0, 0.1) is 5.92 Å². The quantitative estimate of drug-likeness (QED) is 0.768. The monoisotopic (exact) mass is 226 g/mol. The second kappa shape index (κ2) is 5.50. The zero-order valence-electron chi connectivity index (χ0n) is 8.74. The van der Waals surface area contributed by atoms with Crippen LogP contribution in [0.4, 0.5) is 0 Å². The largest absolute Gasteiger partial charge is 0.279 e. The van der Waals surface area contributed by atoms with Crippen molar-refractivity contribution in [1.29, 1.82) is 0 Å². The molecule has 1 aromatic rings. The molecule has 1 aromatic heterocycles. The summed E-state index contributed by atoms with van der Waals surface area (Å²) in [5.41, 5.74) is 4.76. The Balaban J connectivity index is 2.38. The van der Waals surface area contributed by atoms with Crippen LogP contribution in [0.3, 0.4) is 0 Å². The van der Waals surface area contributed by atoms with Gasteiger partial charge in [-0.25, -0.2) is 0 Å². The Morgan fingerprint density at radius 2 is 2.20 bits per heavy atom. The maximum atomic E-state index is 11.4. The third-order valence-electron chi connectivity index (χ3n) is 2.10. The van der Waals surface area contributed by atoms with Crippen molar-refractivity contribution in [2.75, 3.05) is 0 Å². The average molecular weight is 226 g/mol. The van der Waals surface area contributed by atoms with E-state index in [0.29, 0.717) is 4.88 Å². The first-order valence-corrected chi connectivity index (χ1v) is 5.66. The van der Waals surface area contributed by atoms with Gasteiger partial charge in [0.05, 0.1) is 4.88 Å². The molecule has 0 fully saturated rings. The second-order valence-corrected chi connectivity index (χ2v) is 4.18. The van der Waals surface area contributed by atoms with Gasteiger partial charge in [-0.05, 0) is 17.9 Å². The van der Waals surface area contributed by atoms with E-state index in [4.69, 9.17) is 0 Å². The smallest absolute Gasteiger partial charge is 0.273 e. The molecule has 15 heavy (non-hydrogen) atoms. The van der Waals surface area contributed by atoms with Crippen molar-refractivity contribution in [3.63, 3.8) is 0 Å². The summed E-state index contributed by atoms with van der Waals surface area (Å²) in [6.45, 7) is 3.73. The predicted octanol–water partition coefficient (Wildman–Crippen LogP) is 1.56. The van der Waals surface area contributed by atoms with Gasteiger partial charge in [0, 0.05) is 5.92 Å². The van der Waals surface area contributed by atoms with Crippen LogP contribution < -0.4 is 10.9 Å². The summed E-state index contributed by atoms with van der Waals surface area (Å²) >= 11 is 1.33. The van der Waals surface area contributed by atoms with Crippen LogP contribution in [0.1, 0.15) is 29.9 Å².